The third-order valence-electron chi connectivity index (χ3n) is 5.18. The summed E-state index contributed by atoms with van der Waals surface area (Å²) in [6, 6.07) is 17.4. The van der Waals surface area contributed by atoms with Crippen molar-refractivity contribution in [3.63, 3.8) is 0 Å². The van der Waals surface area contributed by atoms with Crippen LogP contribution in [0, 0.1) is 6.92 Å². The molecule has 0 radical (unpaired) electrons. The number of halogens is 1. The minimum Gasteiger partial charge on any atom is -0.372 e. The number of hydrazone groups is 1. The lowest BCUT2D eigenvalue weighted by Gasteiger charge is -2.17. The molecule has 1 fully saturated rings. The van der Waals surface area contributed by atoms with E-state index in [2.05, 4.69) is 15.4 Å². The first-order chi connectivity index (χ1) is 14.1. The first-order valence-corrected chi connectivity index (χ1v) is 10.1. The molecule has 2 aromatic carbocycles. The van der Waals surface area contributed by atoms with Crippen LogP contribution in [-0.4, -0.2) is 29.8 Å². The van der Waals surface area contributed by atoms with E-state index in [9.17, 15) is 4.79 Å². The zero-order chi connectivity index (χ0) is 20.2. The third kappa shape index (κ3) is 4.35. The van der Waals surface area contributed by atoms with Crippen LogP contribution in [0.1, 0.15) is 34.5 Å². The topological polar surface area (TPSA) is 49.6 Å². The molecule has 0 atom stereocenters. The van der Waals surface area contributed by atoms with Crippen molar-refractivity contribution in [2.75, 3.05) is 18.0 Å². The van der Waals surface area contributed by atoms with Crippen LogP contribution in [0.5, 0.6) is 0 Å². The van der Waals surface area contributed by atoms with Gasteiger partial charge in [0.1, 0.15) is 0 Å². The monoisotopic (exact) mass is 406 g/mol. The van der Waals surface area contributed by atoms with Gasteiger partial charge in [-0.15, -0.1) is 0 Å². The van der Waals surface area contributed by atoms with Gasteiger partial charge in [-0.05, 0) is 73.9 Å². The van der Waals surface area contributed by atoms with Crippen LogP contribution in [0.15, 0.2) is 65.9 Å². The average molecular weight is 407 g/mol. The summed E-state index contributed by atoms with van der Waals surface area (Å²) in [5.74, 6) is -0.231. The van der Waals surface area contributed by atoms with Gasteiger partial charge in [-0.2, -0.15) is 5.10 Å². The molecule has 148 valence electrons. The molecular weight excluding hydrogens is 384 g/mol. The summed E-state index contributed by atoms with van der Waals surface area (Å²) in [6.45, 7) is 4.14. The maximum atomic E-state index is 12.4. The van der Waals surface area contributed by atoms with Crippen LogP contribution in [0.4, 0.5) is 5.69 Å². The normalized spacial score (nSPS) is 13.9. The molecule has 29 heavy (non-hydrogen) atoms. The van der Waals surface area contributed by atoms with Gasteiger partial charge in [0.2, 0.25) is 0 Å². The second-order valence-corrected chi connectivity index (χ2v) is 7.58. The summed E-state index contributed by atoms with van der Waals surface area (Å²) >= 11 is 6.24. The lowest BCUT2D eigenvalue weighted by molar-refractivity contribution is 0.0955. The number of anilines is 1. The molecule has 1 amide bonds. The third-order valence-corrected chi connectivity index (χ3v) is 5.58. The fourth-order valence-corrected chi connectivity index (χ4v) is 3.66. The Morgan fingerprint density at radius 2 is 1.79 bits per heavy atom. The molecule has 0 unspecified atom stereocenters. The number of benzene rings is 2. The number of hydrogen-bond donors (Lipinski definition) is 1. The Kier molecular flexibility index (Phi) is 5.67. The van der Waals surface area contributed by atoms with Crippen molar-refractivity contribution in [1.29, 1.82) is 0 Å². The predicted octanol–water partition coefficient (Wildman–Crippen LogP) is 4.80. The summed E-state index contributed by atoms with van der Waals surface area (Å²) in [4.78, 5) is 14.7. The Morgan fingerprint density at radius 3 is 2.52 bits per heavy atom. The summed E-state index contributed by atoms with van der Waals surface area (Å²) < 4.78 is 1.96. The van der Waals surface area contributed by atoms with Crippen molar-refractivity contribution in [3.05, 3.63) is 82.6 Å². The van der Waals surface area contributed by atoms with Crippen LogP contribution >= 0.6 is 11.6 Å². The Bertz CT molecular complexity index is 1030. The molecule has 0 aliphatic carbocycles. The van der Waals surface area contributed by atoms with Crippen molar-refractivity contribution in [2.24, 2.45) is 5.10 Å². The number of rotatable bonds is 5. The van der Waals surface area contributed by atoms with E-state index in [0.29, 0.717) is 10.6 Å². The maximum absolute atomic E-state index is 12.4. The number of carbonyl (C=O) groups excluding carboxylic acids is 1. The number of carbonyl (C=O) groups is 1. The van der Waals surface area contributed by atoms with Crippen molar-refractivity contribution in [3.8, 4) is 5.69 Å². The van der Waals surface area contributed by atoms with E-state index in [4.69, 9.17) is 11.6 Å². The smallest absolute Gasteiger partial charge is 0.271 e. The molecule has 1 aliphatic heterocycles. The molecule has 0 bridgehead atoms. The van der Waals surface area contributed by atoms with Crippen LogP contribution in [0.3, 0.4) is 0 Å². The highest BCUT2D eigenvalue weighted by Crippen LogP contribution is 2.21. The van der Waals surface area contributed by atoms with Crippen LogP contribution < -0.4 is 10.3 Å². The van der Waals surface area contributed by atoms with Gasteiger partial charge in [-0.25, -0.2) is 5.43 Å². The molecule has 1 aromatic heterocycles. The molecular formula is C23H23ClN4O. The Labute approximate surface area is 175 Å². The first-order valence-electron chi connectivity index (χ1n) is 9.74. The van der Waals surface area contributed by atoms with Crippen LogP contribution in [0.25, 0.3) is 5.69 Å². The molecule has 2 heterocycles. The van der Waals surface area contributed by atoms with E-state index < -0.39 is 0 Å². The molecule has 3 aromatic rings. The standard InChI is InChI=1S/C23H23ClN4O/c1-17-6-9-20(15-22(17)24)28-14-4-5-21(28)16-25-26-23(29)18-7-10-19(11-8-18)27-12-2-3-13-27/h4-11,14-16H,2-3,12-13H2,1H3,(H,26,29)/b25-16-. The summed E-state index contributed by atoms with van der Waals surface area (Å²) in [5, 5.41) is 4.84. The van der Waals surface area contributed by atoms with Gasteiger partial charge in [0.25, 0.3) is 5.91 Å². The quantitative estimate of drug-likeness (QED) is 0.488. The van der Waals surface area contributed by atoms with Crippen molar-refractivity contribution in [2.45, 2.75) is 19.8 Å². The Balaban J connectivity index is 1.42. The van der Waals surface area contributed by atoms with E-state index in [0.717, 1.165) is 35.7 Å². The number of nitrogens with one attached hydrogen (secondary N) is 1. The second-order valence-electron chi connectivity index (χ2n) is 7.18. The van der Waals surface area contributed by atoms with E-state index in [1.807, 2.05) is 72.3 Å². The lowest BCUT2D eigenvalue weighted by Crippen LogP contribution is -2.19. The minimum atomic E-state index is -0.231. The van der Waals surface area contributed by atoms with Crippen molar-refractivity contribution >= 4 is 29.4 Å². The molecule has 5 nitrogen and oxygen atoms in total. The number of hydrogen-bond acceptors (Lipinski definition) is 3. The zero-order valence-electron chi connectivity index (χ0n) is 16.3. The number of aryl methyl sites for hydroxylation is 1. The van der Waals surface area contributed by atoms with Crippen molar-refractivity contribution in [1.82, 2.24) is 9.99 Å². The average Bonchev–Trinajstić information content (AvgIpc) is 3.42. The first kappa shape index (κ1) is 19.3. The van der Waals surface area contributed by atoms with Crippen LogP contribution in [-0.2, 0) is 0 Å². The van der Waals surface area contributed by atoms with Gasteiger partial charge in [-0.3, -0.25) is 4.79 Å². The molecule has 6 heteroatoms. The molecule has 1 aliphatic rings. The molecule has 4 rings (SSSR count). The van der Waals surface area contributed by atoms with Crippen molar-refractivity contribution < 1.29 is 4.79 Å². The Morgan fingerprint density at radius 1 is 1.07 bits per heavy atom. The number of amides is 1. The van der Waals surface area contributed by atoms with E-state index in [1.54, 1.807) is 6.21 Å². The second kappa shape index (κ2) is 8.53. The Hall–Kier alpha value is -3.05. The highest BCUT2D eigenvalue weighted by atomic mass is 35.5. The minimum absolute atomic E-state index is 0.231. The molecule has 1 N–H and O–H groups in total. The van der Waals surface area contributed by atoms with Gasteiger partial charge in [0.05, 0.1) is 11.9 Å². The predicted molar refractivity (Wildman–Crippen MR) is 118 cm³/mol. The van der Waals surface area contributed by atoms with E-state index in [-0.39, 0.29) is 5.91 Å². The fourth-order valence-electron chi connectivity index (χ4n) is 3.49. The zero-order valence-corrected chi connectivity index (χ0v) is 17.1. The van der Waals surface area contributed by atoms with Gasteiger partial charge >= 0.3 is 0 Å². The highest BCUT2D eigenvalue weighted by molar-refractivity contribution is 6.31. The maximum Gasteiger partial charge on any atom is 0.271 e. The molecule has 0 spiro atoms. The summed E-state index contributed by atoms with van der Waals surface area (Å²) in [7, 11) is 0. The number of aromatic nitrogens is 1. The van der Waals surface area contributed by atoms with Gasteiger partial charge in [-0.1, -0.05) is 17.7 Å². The van der Waals surface area contributed by atoms with Gasteiger partial charge < -0.3 is 9.47 Å². The largest absolute Gasteiger partial charge is 0.372 e. The number of nitrogens with zero attached hydrogens (tertiary/aromatic N) is 3. The lowest BCUT2D eigenvalue weighted by atomic mass is 10.2. The molecule has 1 saturated heterocycles. The van der Waals surface area contributed by atoms with Gasteiger partial charge in [0.15, 0.2) is 0 Å². The van der Waals surface area contributed by atoms with E-state index >= 15 is 0 Å². The van der Waals surface area contributed by atoms with E-state index in [1.165, 1.54) is 12.8 Å². The molecule has 0 saturated carbocycles. The van der Waals surface area contributed by atoms with Gasteiger partial charge in [0, 0.05) is 41.2 Å². The summed E-state index contributed by atoms with van der Waals surface area (Å²) in [6.07, 6.45) is 6.02. The highest BCUT2D eigenvalue weighted by Gasteiger charge is 2.13. The fraction of sp³-hybridized carbons (Fsp3) is 0.217. The summed E-state index contributed by atoms with van der Waals surface area (Å²) in [5.41, 5.74) is 7.17. The van der Waals surface area contributed by atoms with Crippen LogP contribution in [0.2, 0.25) is 5.02 Å². The SMILES string of the molecule is Cc1ccc(-n2cccc2/C=N\NC(=O)c2ccc(N3CCCC3)cc2)cc1Cl.